The maximum atomic E-state index is 12.1. The molecule has 0 atom stereocenters. The first-order valence-corrected chi connectivity index (χ1v) is 7.48. The molecule has 7 nitrogen and oxygen atoms in total. The van der Waals surface area contributed by atoms with Crippen LogP contribution < -0.4 is 5.32 Å². The van der Waals surface area contributed by atoms with Gasteiger partial charge >= 0.3 is 0 Å². The smallest absolute Gasteiger partial charge is 0.274 e. The topological polar surface area (TPSA) is 90.1 Å². The monoisotopic (exact) mass is 336 g/mol. The zero-order chi connectivity index (χ0) is 17.1. The predicted molar refractivity (Wildman–Crippen MR) is 87.8 cm³/mol. The molecule has 1 aromatic carbocycles. The molecule has 1 heterocycles. The number of aryl methyl sites for hydroxylation is 2. The van der Waals surface area contributed by atoms with Crippen LogP contribution in [-0.4, -0.2) is 20.6 Å². The van der Waals surface area contributed by atoms with Crippen LogP contribution in [0.3, 0.4) is 0 Å². The van der Waals surface area contributed by atoms with Crippen molar-refractivity contribution in [2.24, 2.45) is 0 Å². The van der Waals surface area contributed by atoms with Crippen LogP contribution in [0.15, 0.2) is 18.2 Å². The molecule has 23 heavy (non-hydrogen) atoms. The van der Waals surface area contributed by atoms with Crippen molar-refractivity contribution in [2.75, 3.05) is 5.32 Å². The van der Waals surface area contributed by atoms with Crippen LogP contribution >= 0.6 is 11.6 Å². The first-order valence-electron chi connectivity index (χ1n) is 7.10. The Kier molecular flexibility index (Phi) is 5.00. The minimum atomic E-state index is -0.449. The number of nitro groups is 1. The van der Waals surface area contributed by atoms with Crippen LogP contribution in [0.4, 0.5) is 11.4 Å². The van der Waals surface area contributed by atoms with Crippen LogP contribution in [0.1, 0.15) is 23.9 Å². The Morgan fingerprint density at radius 1 is 1.43 bits per heavy atom. The highest BCUT2D eigenvalue weighted by Gasteiger charge is 2.16. The Morgan fingerprint density at radius 2 is 2.13 bits per heavy atom. The molecule has 0 saturated heterocycles. The second-order valence-electron chi connectivity index (χ2n) is 5.14. The molecule has 0 aliphatic rings. The van der Waals surface area contributed by atoms with Gasteiger partial charge in [0, 0.05) is 17.3 Å². The minimum absolute atomic E-state index is 0.000501. The van der Waals surface area contributed by atoms with Crippen molar-refractivity contribution in [1.29, 1.82) is 0 Å². The molecule has 1 aromatic heterocycles. The van der Waals surface area contributed by atoms with E-state index < -0.39 is 4.92 Å². The average molecular weight is 337 g/mol. The van der Waals surface area contributed by atoms with Crippen molar-refractivity contribution in [3.8, 4) is 0 Å². The zero-order valence-electron chi connectivity index (χ0n) is 13.1. The van der Waals surface area contributed by atoms with Crippen LogP contribution in [0.2, 0.25) is 5.02 Å². The summed E-state index contributed by atoms with van der Waals surface area (Å²) >= 11 is 6.04. The Bertz CT molecular complexity index is 770. The molecule has 1 N–H and O–H groups in total. The molecule has 0 fully saturated rings. The summed E-state index contributed by atoms with van der Waals surface area (Å²) in [6.45, 7) is 5.36. The van der Waals surface area contributed by atoms with E-state index in [1.807, 2.05) is 6.92 Å². The van der Waals surface area contributed by atoms with Gasteiger partial charge in [-0.2, -0.15) is 5.10 Å². The van der Waals surface area contributed by atoms with Gasteiger partial charge in [-0.3, -0.25) is 19.6 Å². The van der Waals surface area contributed by atoms with Gasteiger partial charge in [-0.15, -0.1) is 0 Å². The van der Waals surface area contributed by atoms with Gasteiger partial charge in [0.05, 0.1) is 21.3 Å². The molecule has 0 bridgehead atoms. The van der Waals surface area contributed by atoms with E-state index in [1.165, 1.54) is 10.7 Å². The molecule has 0 saturated carbocycles. The number of halogens is 1. The predicted octanol–water partition coefficient (Wildman–Crippen LogP) is 3.26. The fourth-order valence-corrected chi connectivity index (χ4v) is 2.41. The van der Waals surface area contributed by atoms with Crippen molar-refractivity contribution in [1.82, 2.24) is 9.78 Å². The molecule has 0 radical (unpaired) electrons. The summed E-state index contributed by atoms with van der Waals surface area (Å²) in [5.74, 6) is -0.328. The van der Waals surface area contributed by atoms with Crippen molar-refractivity contribution in [3.63, 3.8) is 0 Å². The van der Waals surface area contributed by atoms with Crippen molar-refractivity contribution < 1.29 is 9.72 Å². The van der Waals surface area contributed by atoms with Crippen molar-refractivity contribution in [3.05, 3.63) is 50.3 Å². The Balaban J connectivity index is 2.15. The van der Waals surface area contributed by atoms with Gasteiger partial charge in [-0.05, 0) is 26.3 Å². The zero-order valence-corrected chi connectivity index (χ0v) is 13.8. The lowest BCUT2D eigenvalue weighted by molar-refractivity contribution is -0.385. The molecule has 0 aliphatic carbocycles. The fourth-order valence-electron chi connectivity index (χ4n) is 2.28. The van der Waals surface area contributed by atoms with Crippen LogP contribution in [0, 0.1) is 24.0 Å². The number of nitro benzene ring substituents is 1. The number of benzene rings is 1. The van der Waals surface area contributed by atoms with Gasteiger partial charge in [-0.1, -0.05) is 24.6 Å². The van der Waals surface area contributed by atoms with Crippen LogP contribution in [-0.2, 0) is 17.8 Å². The van der Waals surface area contributed by atoms with Gasteiger partial charge in [0.25, 0.3) is 5.69 Å². The number of amides is 1. The van der Waals surface area contributed by atoms with E-state index in [1.54, 1.807) is 26.0 Å². The highest BCUT2D eigenvalue weighted by Crippen LogP contribution is 2.24. The lowest BCUT2D eigenvalue weighted by Gasteiger charge is -2.08. The molecule has 0 unspecified atom stereocenters. The maximum Gasteiger partial charge on any atom is 0.274 e. The van der Waals surface area contributed by atoms with E-state index in [4.69, 9.17) is 11.6 Å². The largest absolute Gasteiger partial charge is 0.324 e. The van der Waals surface area contributed by atoms with Gasteiger partial charge in [-0.25, -0.2) is 0 Å². The molecule has 2 aromatic rings. The number of hydrogen-bond acceptors (Lipinski definition) is 4. The molecule has 8 heteroatoms. The number of anilines is 1. The van der Waals surface area contributed by atoms with E-state index >= 15 is 0 Å². The fraction of sp³-hybridized carbons (Fsp3) is 0.333. The van der Waals surface area contributed by atoms with E-state index in [9.17, 15) is 14.9 Å². The highest BCUT2D eigenvalue weighted by atomic mass is 35.5. The van der Waals surface area contributed by atoms with E-state index in [0.717, 1.165) is 0 Å². The third-order valence-corrected chi connectivity index (χ3v) is 4.08. The van der Waals surface area contributed by atoms with E-state index in [0.29, 0.717) is 34.1 Å². The number of aromatic nitrogens is 2. The van der Waals surface area contributed by atoms with Gasteiger partial charge < -0.3 is 5.32 Å². The number of rotatable bonds is 5. The number of carbonyl (C=O) groups excluding carboxylic acids is 1. The molecule has 122 valence electrons. The summed E-state index contributed by atoms with van der Waals surface area (Å²) in [5, 5.41) is 18.4. The molecule has 0 aliphatic heterocycles. The third kappa shape index (κ3) is 3.68. The minimum Gasteiger partial charge on any atom is -0.324 e. The lowest BCUT2D eigenvalue weighted by atomic mass is 10.1. The standard InChI is InChI=1S/C15H17ClN4O3/c1-4-11-5-6-12(7-13(11)20(22)23)17-14(21)8-19-10(3)15(16)9(2)18-19/h5-7H,4,8H2,1-3H3,(H,17,21). The first-order chi connectivity index (χ1) is 10.8. The summed E-state index contributed by atoms with van der Waals surface area (Å²) in [7, 11) is 0. The Hall–Kier alpha value is -2.41. The number of nitrogens with one attached hydrogen (secondary N) is 1. The number of hydrogen-bond donors (Lipinski definition) is 1. The summed E-state index contributed by atoms with van der Waals surface area (Å²) in [4.78, 5) is 22.7. The third-order valence-electron chi connectivity index (χ3n) is 3.53. The summed E-state index contributed by atoms with van der Waals surface area (Å²) in [6.07, 6.45) is 0.550. The molecular formula is C15H17ClN4O3. The second kappa shape index (κ2) is 6.78. The Morgan fingerprint density at radius 3 is 2.65 bits per heavy atom. The van der Waals surface area contributed by atoms with Crippen molar-refractivity contribution in [2.45, 2.75) is 33.7 Å². The second-order valence-corrected chi connectivity index (χ2v) is 5.52. The Labute approximate surface area is 138 Å². The average Bonchev–Trinajstić information content (AvgIpc) is 2.74. The van der Waals surface area contributed by atoms with Gasteiger partial charge in [0.15, 0.2) is 0 Å². The molecular weight excluding hydrogens is 320 g/mol. The molecule has 2 rings (SSSR count). The highest BCUT2D eigenvalue weighted by molar-refractivity contribution is 6.31. The lowest BCUT2D eigenvalue weighted by Crippen LogP contribution is -2.20. The number of carbonyl (C=O) groups is 1. The first kappa shape index (κ1) is 17.0. The summed E-state index contributed by atoms with van der Waals surface area (Å²) in [6, 6.07) is 4.66. The van der Waals surface area contributed by atoms with Crippen molar-refractivity contribution >= 4 is 28.9 Å². The van der Waals surface area contributed by atoms with Gasteiger partial charge in [0.2, 0.25) is 5.91 Å². The van der Waals surface area contributed by atoms with E-state index in [-0.39, 0.29) is 18.1 Å². The van der Waals surface area contributed by atoms with Crippen LogP contribution in [0.25, 0.3) is 0 Å². The van der Waals surface area contributed by atoms with Gasteiger partial charge in [0.1, 0.15) is 6.54 Å². The molecule has 1 amide bonds. The number of nitrogens with zero attached hydrogens (tertiary/aromatic N) is 3. The van der Waals surface area contributed by atoms with Crippen LogP contribution in [0.5, 0.6) is 0 Å². The quantitative estimate of drug-likeness (QED) is 0.670. The SMILES string of the molecule is CCc1ccc(NC(=O)Cn2nc(C)c(Cl)c2C)cc1[N+](=O)[O-]. The van der Waals surface area contributed by atoms with E-state index in [2.05, 4.69) is 10.4 Å². The molecule has 0 spiro atoms. The normalized spacial score (nSPS) is 10.6. The summed E-state index contributed by atoms with van der Waals surface area (Å²) in [5.41, 5.74) is 2.36. The summed E-state index contributed by atoms with van der Waals surface area (Å²) < 4.78 is 1.50. The maximum absolute atomic E-state index is 12.1.